The van der Waals surface area contributed by atoms with E-state index in [2.05, 4.69) is 52.8 Å². The van der Waals surface area contributed by atoms with Crippen molar-refractivity contribution >= 4 is 67.0 Å². The van der Waals surface area contributed by atoms with Crippen molar-refractivity contribution in [2.45, 2.75) is 0 Å². The molecule has 0 aliphatic heterocycles. The summed E-state index contributed by atoms with van der Waals surface area (Å²) < 4.78 is 11.5. The summed E-state index contributed by atoms with van der Waals surface area (Å²) in [6.45, 7) is -0.265. The number of esters is 1. The number of benzene rings is 2. The number of carbonyl (C=O) groups is 3. The van der Waals surface area contributed by atoms with Crippen LogP contribution in [0.5, 0.6) is 5.75 Å². The summed E-state index contributed by atoms with van der Waals surface area (Å²) in [5, 5.41) is 2.29. The van der Waals surface area contributed by atoms with E-state index < -0.39 is 17.8 Å². The molecule has 2 rings (SSSR count). The summed E-state index contributed by atoms with van der Waals surface area (Å²) in [4.78, 5) is 35.4. The van der Waals surface area contributed by atoms with Crippen molar-refractivity contribution in [1.29, 1.82) is 0 Å². The number of thiocarbonyl (C=S) groups is 1. The van der Waals surface area contributed by atoms with Gasteiger partial charge >= 0.3 is 5.97 Å². The van der Waals surface area contributed by atoms with Crippen LogP contribution in [0, 0.1) is 0 Å². The number of hydrazine groups is 1. The first kappa shape index (κ1) is 22.8. The van der Waals surface area contributed by atoms with Gasteiger partial charge in [0.2, 0.25) is 0 Å². The highest BCUT2D eigenvalue weighted by atomic mass is 79.9. The molecule has 2 aromatic rings. The third-order valence-electron chi connectivity index (χ3n) is 3.36. The Morgan fingerprint density at radius 1 is 1.00 bits per heavy atom. The molecule has 0 atom stereocenters. The Bertz CT molecular complexity index is 938. The first-order valence-corrected chi connectivity index (χ1v) is 9.96. The van der Waals surface area contributed by atoms with Crippen LogP contribution in [-0.4, -0.2) is 36.6 Å². The predicted octanol–water partition coefficient (Wildman–Crippen LogP) is 2.71. The minimum atomic E-state index is -0.511. The Hall–Kier alpha value is -2.50. The van der Waals surface area contributed by atoms with Gasteiger partial charge in [0.15, 0.2) is 11.7 Å². The first-order chi connectivity index (χ1) is 13.8. The summed E-state index contributed by atoms with van der Waals surface area (Å²) >= 11 is 11.6. The standard InChI is InChI=1S/C18H15Br2N3O5S/c1-27-17(26)11-4-2-10(3-5-11)16(25)21-18(29)23-22-15(24)9-28-14-7-6-12(19)8-13(14)20/h2-8H,9H2,1H3,(H,22,24)(H2,21,23,25,29). The van der Waals surface area contributed by atoms with Crippen molar-refractivity contribution in [1.82, 2.24) is 16.2 Å². The van der Waals surface area contributed by atoms with Gasteiger partial charge in [-0.15, -0.1) is 0 Å². The molecule has 3 N–H and O–H groups in total. The molecular weight excluding hydrogens is 530 g/mol. The zero-order chi connectivity index (χ0) is 21.4. The molecule has 0 aliphatic rings. The summed E-state index contributed by atoms with van der Waals surface area (Å²) in [5.41, 5.74) is 5.31. The van der Waals surface area contributed by atoms with Crippen LogP contribution in [-0.2, 0) is 9.53 Å². The molecule has 2 aromatic carbocycles. The lowest BCUT2D eigenvalue weighted by molar-refractivity contribution is -0.123. The highest BCUT2D eigenvalue weighted by molar-refractivity contribution is 9.11. The number of carbonyl (C=O) groups excluding carboxylic acids is 3. The van der Waals surface area contributed by atoms with Crippen molar-refractivity contribution < 1.29 is 23.9 Å². The van der Waals surface area contributed by atoms with Crippen LogP contribution in [0.25, 0.3) is 0 Å². The molecule has 0 fully saturated rings. The monoisotopic (exact) mass is 543 g/mol. The maximum absolute atomic E-state index is 12.1. The van der Waals surface area contributed by atoms with Gasteiger partial charge in [-0.3, -0.25) is 25.8 Å². The fourth-order valence-electron chi connectivity index (χ4n) is 1.98. The molecule has 0 saturated heterocycles. The normalized spacial score (nSPS) is 9.90. The van der Waals surface area contributed by atoms with E-state index in [1.54, 1.807) is 18.2 Å². The van der Waals surface area contributed by atoms with Gasteiger partial charge in [-0.25, -0.2) is 4.79 Å². The van der Waals surface area contributed by atoms with Crippen LogP contribution in [0.2, 0.25) is 0 Å². The third-order valence-corrected chi connectivity index (χ3v) is 4.68. The highest BCUT2D eigenvalue weighted by Gasteiger charge is 2.11. The molecule has 8 nitrogen and oxygen atoms in total. The molecule has 0 radical (unpaired) electrons. The van der Waals surface area contributed by atoms with E-state index in [1.165, 1.54) is 31.4 Å². The van der Waals surface area contributed by atoms with Crippen molar-refractivity contribution in [2.24, 2.45) is 0 Å². The minimum Gasteiger partial charge on any atom is -0.483 e. The maximum Gasteiger partial charge on any atom is 0.337 e. The van der Waals surface area contributed by atoms with Gasteiger partial charge in [0.05, 0.1) is 17.1 Å². The van der Waals surface area contributed by atoms with E-state index in [1.807, 2.05) is 0 Å². The average Bonchev–Trinajstić information content (AvgIpc) is 2.71. The Kier molecular flexibility index (Phi) is 8.55. The quantitative estimate of drug-likeness (QED) is 0.302. The molecule has 2 amide bonds. The molecule has 0 bridgehead atoms. The molecule has 0 spiro atoms. The third kappa shape index (κ3) is 7.11. The van der Waals surface area contributed by atoms with E-state index in [-0.39, 0.29) is 17.3 Å². The molecule has 0 aromatic heterocycles. The van der Waals surface area contributed by atoms with E-state index in [9.17, 15) is 14.4 Å². The topological polar surface area (TPSA) is 106 Å². The molecular formula is C18H15Br2N3O5S. The fraction of sp³-hybridized carbons (Fsp3) is 0.111. The molecule has 152 valence electrons. The number of amides is 2. The molecule has 0 heterocycles. The number of hydrogen-bond donors (Lipinski definition) is 3. The van der Waals surface area contributed by atoms with Crippen LogP contribution >= 0.6 is 44.1 Å². The van der Waals surface area contributed by atoms with Gasteiger partial charge in [-0.05, 0) is 70.6 Å². The average molecular weight is 545 g/mol. The second kappa shape index (κ2) is 10.9. The van der Waals surface area contributed by atoms with Gasteiger partial charge in [0.25, 0.3) is 11.8 Å². The first-order valence-electron chi connectivity index (χ1n) is 7.96. The van der Waals surface area contributed by atoms with Gasteiger partial charge in [-0.1, -0.05) is 15.9 Å². The highest BCUT2D eigenvalue weighted by Crippen LogP contribution is 2.28. The smallest absolute Gasteiger partial charge is 0.337 e. The number of hydrogen-bond acceptors (Lipinski definition) is 6. The maximum atomic E-state index is 12.1. The summed E-state index contributed by atoms with van der Waals surface area (Å²) in [5.74, 6) is -1.02. The lowest BCUT2D eigenvalue weighted by Gasteiger charge is -2.12. The molecule has 11 heteroatoms. The minimum absolute atomic E-state index is 0.106. The van der Waals surface area contributed by atoms with Crippen molar-refractivity contribution in [3.8, 4) is 5.75 Å². The summed E-state index contributed by atoms with van der Waals surface area (Å²) in [6.07, 6.45) is 0. The van der Waals surface area contributed by atoms with E-state index in [4.69, 9.17) is 17.0 Å². The van der Waals surface area contributed by atoms with Crippen LogP contribution in [0.15, 0.2) is 51.4 Å². The van der Waals surface area contributed by atoms with Gasteiger partial charge in [0.1, 0.15) is 5.75 Å². The largest absolute Gasteiger partial charge is 0.483 e. The van der Waals surface area contributed by atoms with Gasteiger partial charge in [0, 0.05) is 10.0 Å². The second-order valence-corrected chi connectivity index (χ2v) is 7.57. The summed E-state index contributed by atoms with van der Waals surface area (Å²) in [6, 6.07) is 11.1. The Morgan fingerprint density at radius 3 is 2.28 bits per heavy atom. The van der Waals surface area contributed by atoms with Gasteiger partial charge in [-0.2, -0.15) is 0 Å². The van der Waals surface area contributed by atoms with Crippen molar-refractivity contribution in [3.63, 3.8) is 0 Å². The number of ether oxygens (including phenoxy) is 2. The lowest BCUT2D eigenvalue weighted by atomic mass is 10.1. The number of rotatable bonds is 5. The fourth-order valence-corrected chi connectivity index (χ4v) is 3.29. The van der Waals surface area contributed by atoms with Crippen LogP contribution in [0.1, 0.15) is 20.7 Å². The summed E-state index contributed by atoms with van der Waals surface area (Å²) in [7, 11) is 1.27. The van der Waals surface area contributed by atoms with Crippen LogP contribution < -0.4 is 20.9 Å². The van der Waals surface area contributed by atoms with Crippen LogP contribution in [0.4, 0.5) is 0 Å². The molecule has 0 saturated carbocycles. The predicted molar refractivity (Wildman–Crippen MR) is 116 cm³/mol. The number of methoxy groups -OCH3 is 1. The zero-order valence-corrected chi connectivity index (χ0v) is 18.9. The SMILES string of the molecule is COC(=O)c1ccc(C(=O)NC(=S)NNC(=O)COc2ccc(Br)cc2Br)cc1. The molecule has 0 aliphatic carbocycles. The second-order valence-electron chi connectivity index (χ2n) is 5.39. The molecule has 0 unspecified atom stereocenters. The molecule has 29 heavy (non-hydrogen) atoms. The van der Waals surface area contributed by atoms with E-state index in [0.29, 0.717) is 15.8 Å². The van der Waals surface area contributed by atoms with Gasteiger partial charge < -0.3 is 9.47 Å². The Morgan fingerprint density at radius 2 is 1.66 bits per heavy atom. The van der Waals surface area contributed by atoms with Crippen molar-refractivity contribution in [3.05, 3.63) is 62.5 Å². The van der Waals surface area contributed by atoms with E-state index >= 15 is 0 Å². The Balaban J connectivity index is 1.77. The van der Waals surface area contributed by atoms with E-state index in [0.717, 1.165) is 4.47 Å². The Labute approximate surface area is 188 Å². The lowest BCUT2D eigenvalue weighted by Crippen LogP contribution is -2.49. The zero-order valence-electron chi connectivity index (χ0n) is 15.0. The number of nitrogens with one attached hydrogen (secondary N) is 3. The van der Waals surface area contributed by atoms with Crippen LogP contribution in [0.3, 0.4) is 0 Å². The van der Waals surface area contributed by atoms with Crippen molar-refractivity contribution in [2.75, 3.05) is 13.7 Å². The number of halogens is 2.